The molecule has 0 fully saturated rings. The summed E-state index contributed by atoms with van der Waals surface area (Å²) in [6, 6.07) is 9.55. The summed E-state index contributed by atoms with van der Waals surface area (Å²) in [5.74, 6) is 0.723. The third-order valence-corrected chi connectivity index (χ3v) is 4.55. The van der Waals surface area contributed by atoms with Gasteiger partial charge in [-0.25, -0.2) is 13.1 Å². The molecule has 7 heteroatoms. The summed E-state index contributed by atoms with van der Waals surface area (Å²) in [6.07, 6.45) is 0. The Morgan fingerprint density at radius 2 is 1.81 bits per heavy atom. The van der Waals surface area contributed by atoms with E-state index in [-0.39, 0.29) is 10.6 Å². The van der Waals surface area contributed by atoms with Gasteiger partial charge in [-0.2, -0.15) is 0 Å². The largest absolute Gasteiger partial charge is 0.456 e. The zero-order chi connectivity index (χ0) is 15.6. The van der Waals surface area contributed by atoms with Crippen molar-refractivity contribution in [1.82, 2.24) is 4.72 Å². The topological polar surface area (TPSA) is 81.4 Å². The highest BCUT2D eigenvalue weighted by Gasteiger charge is 2.19. The molecule has 21 heavy (non-hydrogen) atoms. The predicted molar refractivity (Wildman–Crippen MR) is 83.4 cm³/mol. The third kappa shape index (κ3) is 3.47. The van der Waals surface area contributed by atoms with Crippen LogP contribution in [0.2, 0.25) is 5.02 Å². The average molecular weight is 327 g/mol. The van der Waals surface area contributed by atoms with Crippen LogP contribution in [0.25, 0.3) is 0 Å². The van der Waals surface area contributed by atoms with Crippen LogP contribution >= 0.6 is 11.6 Å². The molecule has 0 aliphatic rings. The molecule has 0 unspecified atom stereocenters. The number of hydrogen-bond acceptors (Lipinski definition) is 4. The van der Waals surface area contributed by atoms with Crippen molar-refractivity contribution in [2.45, 2.75) is 11.8 Å². The molecule has 2 aromatic carbocycles. The van der Waals surface area contributed by atoms with E-state index in [1.807, 2.05) is 6.92 Å². The zero-order valence-corrected chi connectivity index (χ0v) is 13.1. The van der Waals surface area contributed by atoms with Gasteiger partial charge in [-0.1, -0.05) is 11.6 Å². The van der Waals surface area contributed by atoms with Gasteiger partial charge in [0.15, 0.2) is 0 Å². The molecular weight excluding hydrogens is 312 g/mol. The number of nitrogens with one attached hydrogen (secondary N) is 1. The number of aryl methyl sites for hydroxylation is 1. The molecule has 0 saturated heterocycles. The smallest absolute Gasteiger partial charge is 0.244 e. The van der Waals surface area contributed by atoms with Gasteiger partial charge < -0.3 is 10.5 Å². The summed E-state index contributed by atoms with van der Waals surface area (Å²) in [7, 11) is -2.34. The van der Waals surface area contributed by atoms with Gasteiger partial charge in [0.05, 0.1) is 0 Å². The lowest BCUT2D eigenvalue weighted by Crippen LogP contribution is -2.19. The first-order valence-corrected chi connectivity index (χ1v) is 7.96. The molecule has 2 rings (SSSR count). The van der Waals surface area contributed by atoms with Crippen LogP contribution < -0.4 is 15.2 Å². The number of ether oxygens (including phenoxy) is 1. The van der Waals surface area contributed by atoms with E-state index in [1.165, 1.54) is 19.2 Å². The van der Waals surface area contributed by atoms with Crippen molar-refractivity contribution in [2.75, 3.05) is 12.8 Å². The predicted octanol–water partition coefficient (Wildman–Crippen LogP) is 2.93. The number of anilines is 1. The second-order valence-electron chi connectivity index (χ2n) is 4.43. The number of sulfonamides is 1. The molecule has 0 aliphatic carbocycles. The van der Waals surface area contributed by atoms with E-state index >= 15 is 0 Å². The SMILES string of the molecule is CNS(=O)(=O)c1cc(N)ccc1Oc1ccc(Cl)cc1C. The van der Waals surface area contributed by atoms with Crippen molar-refractivity contribution < 1.29 is 13.2 Å². The Kier molecular flexibility index (Phi) is 4.41. The quantitative estimate of drug-likeness (QED) is 0.846. The maximum Gasteiger partial charge on any atom is 0.244 e. The Morgan fingerprint density at radius 1 is 1.14 bits per heavy atom. The average Bonchev–Trinajstić information content (AvgIpc) is 2.43. The number of halogens is 1. The molecule has 112 valence electrons. The van der Waals surface area contributed by atoms with E-state index in [4.69, 9.17) is 22.1 Å². The zero-order valence-electron chi connectivity index (χ0n) is 11.6. The van der Waals surface area contributed by atoms with Gasteiger partial charge in [-0.3, -0.25) is 0 Å². The fourth-order valence-corrected chi connectivity index (χ4v) is 2.89. The summed E-state index contributed by atoms with van der Waals surface area (Å²) < 4.78 is 32.0. The van der Waals surface area contributed by atoms with Crippen molar-refractivity contribution in [2.24, 2.45) is 0 Å². The monoisotopic (exact) mass is 326 g/mol. The first kappa shape index (κ1) is 15.6. The van der Waals surface area contributed by atoms with E-state index in [2.05, 4.69) is 4.72 Å². The van der Waals surface area contributed by atoms with Crippen LogP contribution in [-0.2, 0) is 10.0 Å². The normalized spacial score (nSPS) is 11.4. The summed E-state index contributed by atoms with van der Waals surface area (Å²) in [5, 5.41) is 0.584. The molecule has 0 atom stereocenters. The lowest BCUT2D eigenvalue weighted by molar-refractivity contribution is 0.463. The molecule has 3 N–H and O–H groups in total. The molecule has 0 spiro atoms. The van der Waals surface area contributed by atoms with Gasteiger partial charge in [0.1, 0.15) is 16.4 Å². The second-order valence-corrected chi connectivity index (χ2v) is 6.72. The maximum atomic E-state index is 12.0. The van der Waals surface area contributed by atoms with E-state index in [0.717, 1.165) is 5.56 Å². The van der Waals surface area contributed by atoms with Gasteiger partial charge in [-0.05, 0) is 55.9 Å². The van der Waals surface area contributed by atoms with Crippen molar-refractivity contribution in [3.63, 3.8) is 0 Å². The van der Waals surface area contributed by atoms with Crippen molar-refractivity contribution in [3.8, 4) is 11.5 Å². The van der Waals surface area contributed by atoms with Crippen LogP contribution in [0, 0.1) is 6.92 Å². The molecule has 0 bridgehead atoms. The number of hydrogen-bond donors (Lipinski definition) is 2. The Hall–Kier alpha value is -1.76. The highest BCUT2D eigenvalue weighted by atomic mass is 35.5. The number of rotatable bonds is 4. The molecular formula is C14H15ClN2O3S. The first-order valence-electron chi connectivity index (χ1n) is 6.10. The van der Waals surface area contributed by atoms with Crippen molar-refractivity contribution >= 4 is 27.3 Å². The number of nitrogens with two attached hydrogens (primary N) is 1. The van der Waals surface area contributed by atoms with Gasteiger partial charge in [0, 0.05) is 10.7 Å². The third-order valence-electron chi connectivity index (χ3n) is 2.88. The van der Waals surface area contributed by atoms with Gasteiger partial charge >= 0.3 is 0 Å². The fraction of sp³-hybridized carbons (Fsp3) is 0.143. The number of benzene rings is 2. The van der Waals surface area contributed by atoms with Crippen LogP contribution in [0.15, 0.2) is 41.3 Å². The molecule has 0 aromatic heterocycles. The summed E-state index contributed by atoms with van der Waals surface area (Å²) in [5.41, 5.74) is 6.79. The van der Waals surface area contributed by atoms with Crippen LogP contribution in [0.3, 0.4) is 0 Å². The Labute approximate surface area is 128 Å². The minimum Gasteiger partial charge on any atom is -0.456 e. The molecule has 2 aromatic rings. The molecule has 5 nitrogen and oxygen atoms in total. The fourth-order valence-electron chi connectivity index (χ4n) is 1.77. The molecule has 0 aliphatic heterocycles. The summed E-state index contributed by atoms with van der Waals surface area (Å²) in [4.78, 5) is -0.0145. The molecule has 0 saturated carbocycles. The van der Waals surface area contributed by atoms with E-state index in [9.17, 15) is 8.42 Å². The van der Waals surface area contributed by atoms with Crippen LogP contribution in [0.5, 0.6) is 11.5 Å². The molecule has 0 heterocycles. The molecule has 0 amide bonds. The molecule has 0 radical (unpaired) electrons. The summed E-state index contributed by atoms with van der Waals surface area (Å²) in [6.45, 7) is 1.82. The van der Waals surface area contributed by atoms with E-state index in [0.29, 0.717) is 16.5 Å². The Balaban J connectivity index is 2.50. The second kappa shape index (κ2) is 5.93. The van der Waals surface area contributed by atoms with E-state index < -0.39 is 10.0 Å². The first-order chi connectivity index (χ1) is 9.83. The van der Waals surface area contributed by atoms with Crippen molar-refractivity contribution in [1.29, 1.82) is 0 Å². The summed E-state index contributed by atoms with van der Waals surface area (Å²) >= 11 is 5.89. The highest BCUT2D eigenvalue weighted by Crippen LogP contribution is 2.32. The minimum absolute atomic E-state index is 0.0145. The lowest BCUT2D eigenvalue weighted by atomic mass is 10.2. The van der Waals surface area contributed by atoms with Crippen LogP contribution in [0.1, 0.15) is 5.56 Å². The van der Waals surface area contributed by atoms with Crippen molar-refractivity contribution in [3.05, 3.63) is 47.0 Å². The van der Waals surface area contributed by atoms with Gasteiger partial charge in [-0.15, -0.1) is 0 Å². The van der Waals surface area contributed by atoms with Gasteiger partial charge in [0.25, 0.3) is 0 Å². The van der Waals surface area contributed by atoms with Crippen LogP contribution in [-0.4, -0.2) is 15.5 Å². The van der Waals surface area contributed by atoms with Crippen LogP contribution in [0.4, 0.5) is 5.69 Å². The Bertz CT molecular complexity index is 776. The van der Waals surface area contributed by atoms with E-state index in [1.54, 1.807) is 24.3 Å². The lowest BCUT2D eigenvalue weighted by Gasteiger charge is -2.13. The highest BCUT2D eigenvalue weighted by molar-refractivity contribution is 7.89. The van der Waals surface area contributed by atoms with Gasteiger partial charge in [0.2, 0.25) is 10.0 Å². The minimum atomic E-state index is -3.67. The standard InChI is InChI=1S/C14H15ClN2O3S/c1-9-7-10(15)3-5-12(9)20-13-6-4-11(16)8-14(13)21(18,19)17-2/h3-8,17H,16H2,1-2H3. The Morgan fingerprint density at radius 3 is 2.43 bits per heavy atom. The number of nitrogen functional groups attached to an aromatic ring is 1. The maximum absolute atomic E-state index is 12.0.